The lowest BCUT2D eigenvalue weighted by atomic mass is 10.3. The molecule has 2 aromatic rings. The first-order chi connectivity index (χ1) is 7.25. The van der Waals surface area contributed by atoms with Gasteiger partial charge in [0.05, 0.1) is 12.2 Å². The van der Waals surface area contributed by atoms with Crippen molar-refractivity contribution in [1.82, 2.24) is 4.98 Å². The van der Waals surface area contributed by atoms with E-state index in [0.29, 0.717) is 12.2 Å². The molecule has 78 valence electrons. The fourth-order valence-corrected chi connectivity index (χ4v) is 2.06. The van der Waals surface area contributed by atoms with Crippen LogP contribution in [0.25, 0.3) is 0 Å². The van der Waals surface area contributed by atoms with E-state index in [1.165, 1.54) is 6.07 Å². The number of benzene rings is 1. The van der Waals surface area contributed by atoms with Gasteiger partial charge in [-0.3, -0.25) is 0 Å². The fraction of sp³-hybridized carbons (Fsp3) is 0.100. The minimum Gasteiger partial charge on any atom is -0.376 e. The van der Waals surface area contributed by atoms with E-state index in [4.69, 9.17) is 0 Å². The zero-order chi connectivity index (χ0) is 10.7. The standard InChI is InChI=1S/C10H8BrFN2S/c11-7-1-2-8(12)9(5-7)14-6-10-13-3-4-15-10/h1-5,14H,6H2. The number of anilines is 1. The molecule has 0 saturated heterocycles. The van der Waals surface area contributed by atoms with Gasteiger partial charge in [-0.15, -0.1) is 11.3 Å². The van der Waals surface area contributed by atoms with Crippen LogP contribution in [-0.4, -0.2) is 4.98 Å². The Morgan fingerprint density at radius 1 is 1.47 bits per heavy atom. The Labute approximate surface area is 99.3 Å². The molecule has 0 fully saturated rings. The zero-order valence-corrected chi connectivity index (χ0v) is 10.1. The van der Waals surface area contributed by atoms with Crippen molar-refractivity contribution in [2.75, 3.05) is 5.32 Å². The molecule has 0 aliphatic carbocycles. The Bertz CT molecular complexity index is 445. The predicted molar refractivity (Wildman–Crippen MR) is 63.5 cm³/mol. The van der Waals surface area contributed by atoms with Crippen LogP contribution in [0.1, 0.15) is 5.01 Å². The largest absolute Gasteiger partial charge is 0.376 e. The molecule has 0 amide bonds. The average molecular weight is 287 g/mol. The van der Waals surface area contributed by atoms with Gasteiger partial charge in [0.1, 0.15) is 10.8 Å². The van der Waals surface area contributed by atoms with Crippen molar-refractivity contribution in [2.45, 2.75) is 6.54 Å². The van der Waals surface area contributed by atoms with Gasteiger partial charge in [-0.1, -0.05) is 15.9 Å². The van der Waals surface area contributed by atoms with Crippen molar-refractivity contribution in [3.63, 3.8) is 0 Å². The predicted octanol–water partition coefficient (Wildman–Crippen LogP) is 3.66. The summed E-state index contributed by atoms with van der Waals surface area (Å²) in [5.41, 5.74) is 0.486. The summed E-state index contributed by atoms with van der Waals surface area (Å²) in [6, 6.07) is 4.81. The lowest BCUT2D eigenvalue weighted by molar-refractivity contribution is 0.630. The molecule has 1 N–H and O–H groups in total. The van der Waals surface area contributed by atoms with Gasteiger partial charge in [0, 0.05) is 16.0 Å². The number of rotatable bonds is 3. The van der Waals surface area contributed by atoms with Crippen LogP contribution in [-0.2, 0) is 6.54 Å². The van der Waals surface area contributed by atoms with E-state index >= 15 is 0 Å². The highest BCUT2D eigenvalue weighted by Crippen LogP contribution is 2.20. The summed E-state index contributed by atoms with van der Waals surface area (Å²) in [5.74, 6) is -0.255. The highest BCUT2D eigenvalue weighted by Gasteiger charge is 2.02. The topological polar surface area (TPSA) is 24.9 Å². The molecule has 0 aliphatic rings. The molecule has 15 heavy (non-hydrogen) atoms. The molecular weight excluding hydrogens is 279 g/mol. The summed E-state index contributed by atoms with van der Waals surface area (Å²) in [4.78, 5) is 4.11. The maximum absolute atomic E-state index is 13.3. The minimum atomic E-state index is -0.255. The molecule has 0 saturated carbocycles. The molecule has 2 nitrogen and oxygen atoms in total. The van der Waals surface area contributed by atoms with Crippen LogP contribution in [0.15, 0.2) is 34.2 Å². The summed E-state index contributed by atoms with van der Waals surface area (Å²) in [6.45, 7) is 0.547. The third-order valence-electron chi connectivity index (χ3n) is 1.84. The summed E-state index contributed by atoms with van der Waals surface area (Å²) >= 11 is 4.84. The normalized spacial score (nSPS) is 10.3. The molecule has 0 spiro atoms. The molecule has 0 bridgehead atoms. The Hall–Kier alpha value is -0.940. The van der Waals surface area contributed by atoms with E-state index in [-0.39, 0.29) is 5.82 Å². The van der Waals surface area contributed by atoms with Gasteiger partial charge in [0.15, 0.2) is 0 Å². The van der Waals surface area contributed by atoms with Crippen molar-refractivity contribution in [3.8, 4) is 0 Å². The number of nitrogens with zero attached hydrogens (tertiary/aromatic N) is 1. The summed E-state index contributed by atoms with van der Waals surface area (Å²) in [5, 5.41) is 5.84. The van der Waals surface area contributed by atoms with E-state index in [1.54, 1.807) is 29.7 Å². The van der Waals surface area contributed by atoms with Gasteiger partial charge in [0.2, 0.25) is 0 Å². The molecule has 0 atom stereocenters. The highest BCUT2D eigenvalue weighted by molar-refractivity contribution is 9.10. The SMILES string of the molecule is Fc1ccc(Br)cc1NCc1nccs1. The number of halogens is 2. The van der Waals surface area contributed by atoms with Gasteiger partial charge >= 0.3 is 0 Å². The molecule has 0 unspecified atom stereocenters. The second kappa shape index (κ2) is 4.72. The first kappa shape index (κ1) is 10.6. The van der Waals surface area contributed by atoms with Crippen LogP contribution in [0.2, 0.25) is 0 Å². The van der Waals surface area contributed by atoms with Crippen molar-refractivity contribution >= 4 is 33.0 Å². The van der Waals surface area contributed by atoms with Gasteiger partial charge in [-0.25, -0.2) is 9.37 Å². The quantitative estimate of drug-likeness (QED) is 0.932. The summed E-state index contributed by atoms with van der Waals surface area (Å²) < 4.78 is 14.2. The van der Waals surface area contributed by atoms with Crippen molar-refractivity contribution in [2.24, 2.45) is 0 Å². The smallest absolute Gasteiger partial charge is 0.146 e. The number of thiazole rings is 1. The Kier molecular flexibility index (Phi) is 3.33. The summed E-state index contributed by atoms with van der Waals surface area (Å²) in [7, 11) is 0. The van der Waals surface area contributed by atoms with E-state index in [0.717, 1.165) is 9.48 Å². The van der Waals surface area contributed by atoms with Crippen molar-refractivity contribution in [1.29, 1.82) is 0 Å². The first-order valence-electron chi connectivity index (χ1n) is 4.33. The molecule has 1 aromatic heterocycles. The highest BCUT2D eigenvalue weighted by atomic mass is 79.9. The van der Waals surface area contributed by atoms with Gasteiger partial charge in [-0.2, -0.15) is 0 Å². The van der Waals surface area contributed by atoms with E-state index in [9.17, 15) is 4.39 Å². The molecule has 0 radical (unpaired) electrons. The monoisotopic (exact) mass is 286 g/mol. The van der Waals surface area contributed by atoms with Crippen LogP contribution in [0.4, 0.5) is 10.1 Å². The minimum absolute atomic E-state index is 0.255. The number of hydrogen-bond donors (Lipinski definition) is 1. The second-order valence-corrected chi connectivity index (χ2v) is 4.80. The number of aromatic nitrogens is 1. The lowest BCUT2D eigenvalue weighted by Crippen LogP contribution is -2.00. The van der Waals surface area contributed by atoms with Gasteiger partial charge in [-0.05, 0) is 18.2 Å². The molecular formula is C10H8BrFN2S. The molecule has 1 heterocycles. The van der Waals surface area contributed by atoms with Crippen LogP contribution >= 0.6 is 27.3 Å². The number of hydrogen-bond acceptors (Lipinski definition) is 3. The molecule has 2 rings (SSSR count). The molecule has 5 heteroatoms. The van der Waals surface area contributed by atoms with E-state index in [1.807, 2.05) is 5.38 Å². The van der Waals surface area contributed by atoms with Crippen LogP contribution in [0.5, 0.6) is 0 Å². The van der Waals surface area contributed by atoms with Gasteiger partial charge < -0.3 is 5.32 Å². The fourth-order valence-electron chi connectivity index (χ4n) is 1.14. The second-order valence-electron chi connectivity index (χ2n) is 2.90. The van der Waals surface area contributed by atoms with Crippen LogP contribution in [0, 0.1) is 5.82 Å². The van der Waals surface area contributed by atoms with E-state index < -0.39 is 0 Å². The van der Waals surface area contributed by atoms with Gasteiger partial charge in [0.25, 0.3) is 0 Å². The zero-order valence-electron chi connectivity index (χ0n) is 7.71. The van der Waals surface area contributed by atoms with Crippen LogP contribution in [0.3, 0.4) is 0 Å². The first-order valence-corrected chi connectivity index (χ1v) is 6.00. The molecule has 1 aromatic carbocycles. The summed E-state index contributed by atoms with van der Waals surface area (Å²) in [6.07, 6.45) is 1.74. The molecule has 0 aliphatic heterocycles. The third-order valence-corrected chi connectivity index (χ3v) is 3.11. The third kappa shape index (κ3) is 2.76. The van der Waals surface area contributed by atoms with Crippen molar-refractivity contribution in [3.05, 3.63) is 45.1 Å². The Morgan fingerprint density at radius 3 is 3.07 bits per heavy atom. The van der Waals surface area contributed by atoms with Crippen molar-refractivity contribution < 1.29 is 4.39 Å². The average Bonchev–Trinajstić information content (AvgIpc) is 2.72. The number of nitrogens with one attached hydrogen (secondary N) is 1. The maximum atomic E-state index is 13.3. The lowest BCUT2D eigenvalue weighted by Gasteiger charge is -2.05. The Balaban J connectivity index is 2.07. The van der Waals surface area contributed by atoms with Crippen LogP contribution < -0.4 is 5.32 Å². The Morgan fingerprint density at radius 2 is 2.33 bits per heavy atom. The van der Waals surface area contributed by atoms with E-state index in [2.05, 4.69) is 26.2 Å². The maximum Gasteiger partial charge on any atom is 0.146 e.